The molecule has 24 heteroatoms. The monoisotopic (exact) mass is 851 g/mol. The number of nitrogens with one attached hydrogen (secondary N) is 1. The van der Waals surface area contributed by atoms with Gasteiger partial charge >= 0.3 is 12.1 Å². The van der Waals surface area contributed by atoms with Gasteiger partial charge in [0.1, 0.15) is 28.7 Å². The van der Waals surface area contributed by atoms with Crippen molar-refractivity contribution in [3.05, 3.63) is 87.6 Å². The molecule has 300 valence electrons. The summed E-state index contributed by atoms with van der Waals surface area (Å²) in [5, 5.41) is 60.5. The summed E-state index contributed by atoms with van der Waals surface area (Å²) in [6.07, 6.45) is -1.65. The van der Waals surface area contributed by atoms with Crippen molar-refractivity contribution in [2.75, 3.05) is 17.2 Å². The zero-order valence-electron chi connectivity index (χ0n) is 29.6. The number of anilines is 1. The number of carbonyl (C=O) groups is 4. The molecular weight excluding hydrogens is 823 g/mol. The van der Waals surface area contributed by atoms with Crippen LogP contribution in [0, 0.1) is 6.92 Å². The molecule has 21 nitrogen and oxygen atoms in total. The second-order valence-corrected chi connectivity index (χ2v) is 15.3. The molecule has 0 spiro atoms. The number of phenols is 4. The smallest absolute Gasteiger partial charge is 0.504 e. The molecule has 0 radical (unpaired) electrons. The molecule has 2 atom stereocenters. The maximum atomic E-state index is 13.6. The largest absolute Gasteiger partial charge is 0.512 e. The van der Waals surface area contributed by atoms with E-state index in [0.717, 1.165) is 28.4 Å². The van der Waals surface area contributed by atoms with E-state index in [0.29, 0.717) is 21.9 Å². The highest BCUT2D eigenvalue weighted by Gasteiger charge is 2.54. The van der Waals surface area contributed by atoms with Crippen LogP contribution in [0.4, 0.5) is 9.93 Å². The number of benzene rings is 2. The first-order valence-corrected chi connectivity index (χ1v) is 19.5. The van der Waals surface area contributed by atoms with Crippen molar-refractivity contribution < 1.29 is 59.0 Å². The van der Waals surface area contributed by atoms with Gasteiger partial charge in [0.15, 0.2) is 46.3 Å². The van der Waals surface area contributed by atoms with E-state index in [1.54, 1.807) is 13.0 Å². The topological polar surface area (TPSA) is 307 Å². The molecular formula is C34H29N9O12S3. The molecule has 8 N–H and O–H groups in total. The molecule has 0 bridgehead atoms. The summed E-state index contributed by atoms with van der Waals surface area (Å²) in [4.78, 5) is 70.8. The maximum Gasteiger partial charge on any atom is 0.512 e. The van der Waals surface area contributed by atoms with Crippen LogP contribution in [-0.2, 0) is 37.1 Å². The number of thiazole rings is 1. The van der Waals surface area contributed by atoms with Crippen LogP contribution in [-0.4, -0.2) is 108 Å². The minimum absolute atomic E-state index is 0.00493. The highest BCUT2D eigenvalue weighted by molar-refractivity contribution is 8.01. The third-order valence-electron chi connectivity index (χ3n) is 8.26. The van der Waals surface area contributed by atoms with Crippen LogP contribution in [0.5, 0.6) is 23.0 Å². The number of β-lactam (4-membered cyclic amide) rings is 1. The third-order valence-corrected chi connectivity index (χ3v) is 11.4. The predicted octanol–water partition coefficient (Wildman–Crippen LogP) is 2.67. The summed E-state index contributed by atoms with van der Waals surface area (Å²) in [6.45, 7) is 1.19. The average molecular weight is 852 g/mol. The highest BCUT2D eigenvalue weighted by Crippen LogP contribution is 2.42. The third kappa shape index (κ3) is 8.33. The molecule has 58 heavy (non-hydrogen) atoms. The molecule has 2 aromatic carbocycles. The molecule has 2 aliphatic rings. The predicted molar refractivity (Wildman–Crippen MR) is 204 cm³/mol. The summed E-state index contributed by atoms with van der Waals surface area (Å²) in [7, 11) is 0. The standard InChI is InChI=1S/C34H29N9O12S3/c1-14-6-24(43-33(36-14)38-23(40-43)10-53-31(50)16-3-5-20(45)22(47)8-16)56-11-17-12-57-30-26(28(49)42(30)29(17)55-34(51)52)39-27(48)25(18-13-58-32(35)37-18)41-54-9-15-2-4-19(44)21(46)7-15/h2-8,13,26,30,44-47H,9-12H2,1H3,(H2,35,37)(H,39,48)(H,51,52)/b41-25-/t26-,30-/m1/s1. The Morgan fingerprint density at radius 3 is 2.48 bits per heavy atom. The Balaban J connectivity index is 1.04. The van der Waals surface area contributed by atoms with E-state index in [9.17, 15) is 44.7 Å². The van der Waals surface area contributed by atoms with Crippen LogP contribution < -0.4 is 11.1 Å². The molecule has 1 saturated heterocycles. The van der Waals surface area contributed by atoms with Crippen LogP contribution in [0.3, 0.4) is 0 Å². The molecule has 5 heterocycles. The van der Waals surface area contributed by atoms with Crippen LogP contribution in [0.2, 0.25) is 0 Å². The first kappa shape index (κ1) is 39.4. The number of nitrogen functional groups attached to an aromatic ring is 1. The number of thioether (sulfide) groups is 2. The number of fused-ring (bicyclic) bond motifs is 2. The quantitative estimate of drug-likeness (QED) is 0.0170. The van der Waals surface area contributed by atoms with Crippen molar-refractivity contribution in [3.63, 3.8) is 0 Å². The van der Waals surface area contributed by atoms with Crippen molar-refractivity contribution in [1.29, 1.82) is 0 Å². The number of ether oxygens (including phenoxy) is 2. The lowest BCUT2D eigenvalue weighted by Gasteiger charge is -2.49. The Bertz CT molecular complexity index is 2540. The molecule has 5 aromatic rings. The van der Waals surface area contributed by atoms with E-state index in [2.05, 4.69) is 30.5 Å². The number of carbonyl (C=O) groups excluding carboxylic acids is 3. The maximum absolute atomic E-state index is 13.6. The second kappa shape index (κ2) is 16.4. The number of nitrogens with zero attached hydrogens (tertiary/aromatic N) is 7. The first-order chi connectivity index (χ1) is 27.7. The fraction of sp³-hybridized carbons (Fsp3) is 0.206. The molecule has 3 aromatic heterocycles. The van der Waals surface area contributed by atoms with Gasteiger partial charge in [-0.25, -0.2) is 19.6 Å². The molecule has 0 aliphatic carbocycles. The lowest BCUT2D eigenvalue weighted by atomic mass is 10.1. The van der Waals surface area contributed by atoms with Crippen LogP contribution in [0.15, 0.2) is 69.5 Å². The van der Waals surface area contributed by atoms with Crippen molar-refractivity contribution >= 4 is 75.4 Å². The molecule has 0 unspecified atom stereocenters. The van der Waals surface area contributed by atoms with Crippen molar-refractivity contribution in [2.45, 2.75) is 36.6 Å². The highest BCUT2D eigenvalue weighted by atomic mass is 32.2. The number of esters is 1. The minimum atomic E-state index is -1.65. The summed E-state index contributed by atoms with van der Waals surface area (Å²) < 4.78 is 11.8. The van der Waals surface area contributed by atoms with Crippen molar-refractivity contribution in [1.82, 2.24) is 34.8 Å². The van der Waals surface area contributed by atoms with E-state index in [1.807, 2.05) is 0 Å². The minimum Gasteiger partial charge on any atom is -0.504 e. The molecule has 7 rings (SSSR count). The van der Waals surface area contributed by atoms with Gasteiger partial charge in [0.05, 0.1) is 5.56 Å². The van der Waals surface area contributed by atoms with E-state index in [1.165, 1.54) is 57.7 Å². The fourth-order valence-electron chi connectivity index (χ4n) is 5.53. The van der Waals surface area contributed by atoms with Gasteiger partial charge in [-0.1, -0.05) is 11.2 Å². The number of carboxylic acid groups (broad SMARTS) is 1. The van der Waals surface area contributed by atoms with Gasteiger partial charge in [0.2, 0.25) is 5.88 Å². The van der Waals surface area contributed by atoms with Gasteiger partial charge in [-0.2, -0.15) is 9.50 Å². The normalized spacial score (nSPS) is 16.5. The SMILES string of the molecule is Cc1cc(SCC2=C(OC(=O)O)N3C(=O)[C@@H](NC(=O)/C(=N\OCc4ccc(O)c(O)c4)c4csc(N)n4)[C@H]3SC2)n2nc(COC(=O)c3ccc(O)c(O)c3)nc2n1. The Labute approximate surface area is 337 Å². The number of rotatable bonds is 13. The van der Waals surface area contributed by atoms with Gasteiger partial charge in [-0.3, -0.25) is 14.5 Å². The van der Waals surface area contributed by atoms with Crippen LogP contribution in [0.1, 0.15) is 33.1 Å². The Morgan fingerprint density at radius 1 is 1.02 bits per heavy atom. The Kier molecular flexibility index (Phi) is 11.1. The van der Waals surface area contributed by atoms with Gasteiger partial charge in [0.25, 0.3) is 17.6 Å². The average Bonchev–Trinajstić information content (AvgIpc) is 3.81. The zero-order chi connectivity index (χ0) is 41.2. The number of amides is 2. The number of aromatic hydroxyl groups is 4. The zero-order valence-corrected chi connectivity index (χ0v) is 32.1. The number of aromatic nitrogens is 5. The lowest BCUT2D eigenvalue weighted by molar-refractivity contribution is -0.148. The van der Waals surface area contributed by atoms with Gasteiger partial charge < -0.3 is 50.9 Å². The van der Waals surface area contributed by atoms with Gasteiger partial charge in [0, 0.05) is 28.2 Å². The number of hydrogen-bond acceptors (Lipinski definition) is 20. The fourth-order valence-corrected chi connectivity index (χ4v) is 8.58. The molecule has 2 amide bonds. The summed E-state index contributed by atoms with van der Waals surface area (Å²) in [5.74, 6) is -3.42. The number of phenolic OH excluding ortho intramolecular Hbond substituents is 4. The lowest BCUT2D eigenvalue weighted by Crippen LogP contribution is -2.70. The van der Waals surface area contributed by atoms with E-state index < -0.39 is 46.9 Å². The Hall–Kier alpha value is -6.79. The van der Waals surface area contributed by atoms with Crippen LogP contribution >= 0.6 is 34.9 Å². The van der Waals surface area contributed by atoms with Gasteiger partial charge in [-0.15, -0.1) is 40.0 Å². The summed E-state index contributed by atoms with van der Waals surface area (Å²) >= 11 is 3.53. The number of aryl methyl sites for hydroxylation is 1. The molecule has 1 fully saturated rings. The summed E-state index contributed by atoms with van der Waals surface area (Å²) in [5.41, 5.74) is 7.00. The van der Waals surface area contributed by atoms with E-state index in [4.69, 9.17) is 20.0 Å². The number of nitrogens with two attached hydrogens (primary N) is 1. The van der Waals surface area contributed by atoms with Crippen molar-refractivity contribution in [2.24, 2.45) is 5.16 Å². The van der Waals surface area contributed by atoms with E-state index >= 15 is 0 Å². The van der Waals surface area contributed by atoms with E-state index in [-0.39, 0.29) is 75.8 Å². The molecule has 0 saturated carbocycles. The number of oxime groups is 1. The van der Waals surface area contributed by atoms with Gasteiger partial charge in [-0.05, 0) is 48.9 Å². The first-order valence-electron chi connectivity index (χ1n) is 16.6. The second-order valence-electron chi connectivity index (χ2n) is 12.3. The Morgan fingerprint density at radius 2 is 1.78 bits per heavy atom. The molecule has 2 aliphatic heterocycles. The van der Waals surface area contributed by atoms with Crippen LogP contribution in [0.25, 0.3) is 5.78 Å². The summed E-state index contributed by atoms with van der Waals surface area (Å²) in [6, 6.07) is 8.08. The number of hydrogen-bond donors (Lipinski definition) is 7. The van der Waals surface area contributed by atoms with Crippen molar-refractivity contribution in [3.8, 4) is 23.0 Å².